The second-order valence-corrected chi connectivity index (χ2v) is 12.5. The van der Waals surface area contributed by atoms with E-state index in [-0.39, 0.29) is 23.3 Å². The zero-order chi connectivity index (χ0) is 30.2. The van der Waals surface area contributed by atoms with E-state index in [1.165, 1.54) is 43.3 Å². The Balaban J connectivity index is 1.60. The number of aromatic hydroxyl groups is 1. The first-order chi connectivity index (χ1) is 19.1. The molecule has 3 aliphatic carbocycles. The second kappa shape index (κ2) is 9.53. The highest BCUT2D eigenvalue weighted by molar-refractivity contribution is 7.92. The fraction of sp³-hybridized carbons (Fsp3) is 0.370. The van der Waals surface area contributed by atoms with Crippen LogP contribution in [0.25, 0.3) is 0 Å². The average Bonchev–Trinajstić information content (AvgIpc) is 2.89. The van der Waals surface area contributed by atoms with E-state index in [0.717, 1.165) is 6.07 Å². The fourth-order valence-corrected chi connectivity index (χ4v) is 7.59. The molecule has 1 amide bonds. The van der Waals surface area contributed by atoms with Gasteiger partial charge in [0.1, 0.15) is 5.82 Å². The number of fused-ring (bicyclic) bond motifs is 3. The molecule has 2 aromatic carbocycles. The minimum atomic E-state index is -4.32. The van der Waals surface area contributed by atoms with E-state index in [0.29, 0.717) is 0 Å². The SMILES string of the molecule is CN(C)[C@@H]1C(=O)C(C(N)=O)C(=O)[C@@]2(O)C(=O)C3C(=O)c4c(O)c(NS(=O)(=O)c5ccccc5)cc(F)c4C[C@H]3C[C@@H]12. The first-order valence-electron chi connectivity index (χ1n) is 12.6. The lowest BCUT2D eigenvalue weighted by Crippen LogP contribution is -2.74. The van der Waals surface area contributed by atoms with Gasteiger partial charge in [0.25, 0.3) is 10.0 Å². The number of hydrogen-bond acceptors (Lipinski definition) is 10. The highest BCUT2D eigenvalue weighted by atomic mass is 32.2. The molecule has 2 saturated carbocycles. The molecule has 0 heterocycles. The van der Waals surface area contributed by atoms with Crippen LogP contribution in [0.3, 0.4) is 0 Å². The maximum Gasteiger partial charge on any atom is 0.262 e. The van der Waals surface area contributed by atoms with E-state index < -0.39 is 97.2 Å². The summed E-state index contributed by atoms with van der Waals surface area (Å²) >= 11 is 0. The van der Waals surface area contributed by atoms with Crippen molar-refractivity contribution in [2.24, 2.45) is 29.4 Å². The van der Waals surface area contributed by atoms with Gasteiger partial charge in [-0.3, -0.25) is 33.6 Å². The van der Waals surface area contributed by atoms with E-state index in [1.807, 2.05) is 4.72 Å². The van der Waals surface area contributed by atoms with Gasteiger partial charge in [0, 0.05) is 17.5 Å². The van der Waals surface area contributed by atoms with Gasteiger partial charge >= 0.3 is 0 Å². The van der Waals surface area contributed by atoms with Crippen molar-refractivity contribution in [1.29, 1.82) is 0 Å². The molecule has 216 valence electrons. The highest BCUT2D eigenvalue weighted by Gasteiger charge is 2.69. The van der Waals surface area contributed by atoms with Crippen molar-refractivity contribution < 1.29 is 47.0 Å². The number of nitrogens with zero attached hydrogens (tertiary/aromatic N) is 1. The number of nitrogens with two attached hydrogens (primary N) is 1. The minimum absolute atomic E-state index is 0.204. The first-order valence-corrected chi connectivity index (χ1v) is 14.1. The predicted octanol–water partition coefficient (Wildman–Crippen LogP) is -0.193. The van der Waals surface area contributed by atoms with Crippen molar-refractivity contribution in [2.75, 3.05) is 18.8 Å². The number of primary amides is 1. The van der Waals surface area contributed by atoms with Crippen molar-refractivity contribution in [1.82, 2.24) is 4.90 Å². The zero-order valence-electron chi connectivity index (χ0n) is 21.8. The van der Waals surface area contributed by atoms with Gasteiger partial charge in [0.2, 0.25) is 5.91 Å². The summed E-state index contributed by atoms with van der Waals surface area (Å²) in [7, 11) is -1.42. The number of phenols is 1. The van der Waals surface area contributed by atoms with Crippen LogP contribution in [0.15, 0.2) is 41.3 Å². The summed E-state index contributed by atoms with van der Waals surface area (Å²) in [6.45, 7) is 0. The fourth-order valence-electron chi connectivity index (χ4n) is 6.51. The van der Waals surface area contributed by atoms with Gasteiger partial charge in [-0.15, -0.1) is 0 Å². The average molecular weight is 588 g/mol. The monoisotopic (exact) mass is 587 g/mol. The molecule has 2 unspecified atom stereocenters. The lowest BCUT2D eigenvalue weighted by atomic mass is 9.52. The Hall–Kier alpha value is -4.01. The van der Waals surface area contributed by atoms with Gasteiger partial charge in [-0.1, -0.05) is 18.2 Å². The molecule has 0 aliphatic heterocycles. The number of nitrogens with one attached hydrogen (secondary N) is 1. The number of amides is 1. The Kier molecular flexibility index (Phi) is 6.63. The third-order valence-corrected chi connectivity index (χ3v) is 9.69. The standard InChI is InChI=1S/C27H26FN3O9S/c1-31(2)20-14-9-11-8-13-15(28)10-16(30-41(39,40)12-6-4-3-5-7-12)21(32)18(13)22(33)17(11)24(35)27(14,38)25(36)19(23(20)34)26(29)37/h3-7,10-11,14,17,19-20,30,32,38H,8-9H2,1-2H3,(H2,29,37)/t11-,14-,17?,19?,20-,27-/m0/s1. The van der Waals surface area contributed by atoms with Crippen molar-refractivity contribution in [3.05, 3.63) is 53.3 Å². The number of carbonyl (C=O) groups is 5. The molecule has 2 fully saturated rings. The largest absolute Gasteiger partial charge is 0.505 e. The summed E-state index contributed by atoms with van der Waals surface area (Å²) < 4.78 is 43.1. The predicted molar refractivity (Wildman–Crippen MR) is 139 cm³/mol. The van der Waals surface area contributed by atoms with E-state index in [4.69, 9.17) is 5.73 Å². The van der Waals surface area contributed by atoms with Crippen LogP contribution in [0.5, 0.6) is 5.75 Å². The topological polar surface area (TPSA) is 201 Å². The van der Waals surface area contributed by atoms with Gasteiger partial charge in [-0.05, 0) is 45.0 Å². The third-order valence-electron chi connectivity index (χ3n) is 8.30. The van der Waals surface area contributed by atoms with Gasteiger partial charge in [-0.2, -0.15) is 0 Å². The number of rotatable bonds is 5. The lowest BCUT2D eigenvalue weighted by Gasteiger charge is -2.52. The molecule has 5 N–H and O–H groups in total. The maximum absolute atomic E-state index is 15.4. The Morgan fingerprint density at radius 1 is 1.12 bits per heavy atom. The summed E-state index contributed by atoms with van der Waals surface area (Å²) in [6, 6.07) is 6.41. The van der Waals surface area contributed by atoms with Crippen LogP contribution >= 0.6 is 0 Å². The highest BCUT2D eigenvalue weighted by Crippen LogP contribution is 2.51. The van der Waals surface area contributed by atoms with Crippen molar-refractivity contribution in [2.45, 2.75) is 29.4 Å². The summed E-state index contributed by atoms with van der Waals surface area (Å²) in [5.41, 5.74) is 0.754. The normalized spacial score (nSPS) is 29.5. The van der Waals surface area contributed by atoms with Crippen LogP contribution < -0.4 is 10.5 Å². The first kappa shape index (κ1) is 28.5. The van der Waals surface area contributed by atoms with Gasteiger partial charge in [0.15, 0.2) is 40.4 Å². The number of sulfonamides is 1. The van der Waals surface area contributed by atoms with E-state index in [9.17, 15) is 42.6 Å². The second-order valence-electron chi connectivity index (χ2n) is 10.8. The molecule has 0 radical (unpaired) electrons. The molecule has 0 saturated heterocycles. The van der Waals surface area contributed by atoms with E-state index in [2.05, 4.69) is 0 Å². The Labute approximate surface area is 233 Å². The van der Waals surface area contributed by atoms with Crippen LogP contribution in [-0.4, -0.2) is 78.3 Å². The quantitative estimate of drug-likeness (QED) is 0.268. The minimum Gasteiger partial charge on any atom is -0.505 e. The molecule has 0 aromatic heterocycles. The number of anilines is 1. The summed E-state index contributed by atoms with van der Waals surface area (Å²) in [6.07, 6.45) is -0.538. The van der Waals surface area contributed by atoms with Crippen molar-refractivity contribution in [3.63, 3.8) is 0 Å². The summed E-state index contributed by atoms with van der Waals surface area (Å²) in [5.74, 6) is -14.3. The number of hydrogen-bond donors (Lipinski definition) is 4. The molecule has 0 spiro atoms. The lowest BCUT2D eigenvalue weighted by molar-refractivity contribution is -0.181. The molecule has 0 bridgehead atoms. The Morgan fingerprint density at radius 2 is 1.76 bits per heavy atom. The van der Waals surface area contributed by atoms with Crippen LogP contribution in [0.4, 0.5) is 10.1 Å². The van der Waals surface area contributed by atoms with E-state index >= 15 is 4.39 Å². The molecule has 41 heavy (non-hydrogen) atoms. The Bertz CT molecular complexity index is 1640. The van der Waals surface area contributed by atoms with Crippen LogP contribution in [-0.2, 0) is 35.6 Å². The van der Waals surface area contributed by atoms with Gasteiger partial charge in [-0.25, -0.2) is 12.8 Å². The third kappa shape index (κ3) is 4.08. The summed E-state index contributed by atoms with van der Waals surface area (Å²) in [4.78, 5) is 67.1. The number of phenolic OH excluding ortho intramolecular Hbond substituents is 1. The number of benzene rings is 2. The molecular formula is C27H26FN3O9S. The molecule has 12 nitrogen and oxygen atoms in total. The Morgan fingerprint density at radius 3 is 2.34 bits per heavy atom. The van der Waals surface area contributed by atoms with Crippen LogP contribution in [0, 0.1) is 29.5 Å². The number of halogens is 1. The van der Waals surface area contributed by atoms with Crippen molar-refractivity contribution in [3.8, 4) is 5.75 Å². The van der Waals surface area contributed by atoms with E-state index in [1.54, 1.807) is 6.07 Å². The number of aliphatic hydroxyl groups is 1. The number of carbonyl (C=O) groups excluding carboxylic acids is 5. The smallest absolute Gasteiger partial charge is 0.262 e. The molecular weight excluding hydrogens is 561 g/mol. The maximum atomic E-state index is 15.4. The van der Waals surface area contributed by atoms with Crippen molar-refractivity contribution >= 4 is 44.8 Å². The number of likely N-dealkylation sites (N-methyl/N-ethyl adjacent to an activating group) is 1. The molecule has 5 rings (SSSR count). The zero-order valence-corrected chi connectivity index (χ0v) is 22.6. The number of Topliss-reactive ketones (excluding diaryl/α,β-unsaturated/α-hetero) is 4. The van der Waals surface area contributed by atoms with Gasteiger partial charge < -0.3 is 15.9 Å². The van der Waals surface area contributed by atoms with Crippen LogP contribution in [0.1, 0.15) is 22.3 Å². The molecule has 3 aliphatic rings. The molecule has 6 atom stereocenters. The van der Waals surface area contributed by atoms with Gasteiger partial charge in [0.05, 0.1) is 28.1 Å². The summed E-state index contributed by atoms with van der Waals surface area (Å²) in [5, 5.41) is 22.5. The molecule has 14 heteroatoms. The van der Waals surface area contributed by atoms with Crippen LogP contribution in [0.2, 0.25) is 0 Å². The number of ketones is 4. The molecule has 2 aromatic rings.